The van der Waals surface area contributed by atoms with Crippen LogP contribution in [0.1, 0.15) is 19.2 Å². The Balaban J connectivity index is 2.06. The van der Waals surface area contributed by atoms with Crippen molar-refractivity contribution in [1.29, 1.82) is 0 Å². The van der Waals surface area contributed by atoms with Gasteiger partial charge in [-0.3, -0.25) is 0 Å². The second-order valence-corrected chi connectivity index (χ2v) is 3.76. The predicted octanol–water partition coefficient (Wildman–Crippen LogP) is 0.924. The number of aromatic nitrogens is 2. The minimum Gasteiger partial charge on any atom is -0.478 e. The van der Waals surface area contributed by atoms with E-state index in [4.69, 9.17) is 9.47 Å². The van der Waals surface area contributed by atoms with E-state index in [1.54, 1.807) is 6.07 Å². The van der Waals surface area contributed by atoms with Crippen LogP contribution in [0.25, 0.3) is 0 Å². The van der Waals surface area contributed by atoms with Gasteiger partial charge in [0.05, 0.1) is 12.7 Å². The van der Waals surface area contributed by atoms with E-state index in [-0.39, 0.29) is 6.10 Å². The van der Waals surface area contributed by atoms with Gasteiger partial charge in [0.2, 0.25) is 11.8 Å². The van der Waals surface area contributed by atoms with Crippen LogP contribution in [0.5, 0.6) is 11.8 Å². The normalized spacial score (nSPS) is 19.8. The first-order chi connectivity index (χ1) is 7.78. The Morgan fingerprint density at radius 3 is 2.94 bits per heavy atom. The number of aryl methyl sites for hydroxylation is 1. The number of hydrogen-bond acceptors (Lipinski definition) is 5. The highest BCUT2D eigenvalue weighted by Gasteiger charge is 2.17. The van der Waals surface area contributed by atoms with Crippen LogP contribution in [0, 0.1) is 6.92 Å². The third-order valence-corrected chi connectivity index (χ3v) is 2.39. The fourth-order valence-corrected chi connectivity index (χ4v) is 1.70. The quantitative estimate of drug-likeness (QED) is 0.822. The zero-order valence-corrected chi connectivity index (χ0v) is 9.69. The zero-order valence-electron chi connectivity index (χ0n) is 9.69. The Morgan fingerprint density at radius 1 is 1.44 bits per heavy atom. The minimum absolute atomic E-state index is 0.212. The molecule has 0 aliphatic carbocycles. The van der Waals surface area contributed by atoms with Crippen molar-refractivity contribution >= 4 is 0 Å². The van der Waals surface area contributed by atoms with Gasteiger partial charge in [-0.05, 0) is 26.8 Å². The highest BCUT2D eigenvalue weighted by Crippen LogP contribution is 2.18. The summed E-state index contributed by atoms with van der Waals surface area (Å²) in [6, 6.07) is 1.74. The summed E-state index contributed by atoms with van der Waals surface area (Å²) in [5.41, 5.74) is 0. The van der Waals surface area contributed by atoms with Gasteiger partial charge in [0.15, 0.2) is 0 Å². The molecule has 1 fully saturated rings. The molecule has 1 aromatic heterocycles. The molecule has 1 aliphatic heterocycles. The van der Waals surface area contributed by atoms with Crippen LogP contribution in [0.3, 0.4) is 0 Å². The Labute approximate surface area is 95.2 Å². The highest BCUT2D eigenvalue weighted by atomic mass is 16.5. The minimum atomic E-state index is 0.212. The molecule has 0 bridgehead atoms. The van der Waals surface area contributed by atoms with Crippen molar-refractivity contribution in [1.82, 2.24) is 15.3 Å². The largest absolute Gasteiger partial charge is 0.478 e. The maximum absolute atomic E-state index is 5.75. The van der Waals surface area contributed by atoms with Gasteiger partial charge in [-0.1, -0.05) is 0 Å². The van der Waals surface area contributed by atoms with Gasteiger partial charge >= 0.3 is 0 Å². The van der Waals surface area contributed by atoms with Gasteiger partial charge < -0.3 is 14.8 Å². The maximum Gasteiger partial charge on any atom is 0.220 e. The first-order valence-corrected chi connectivity index (χ1v) is 5.64. The standard InChI is InChI=1S/C11H17N3O2/c1-3-15-10-6-11(14-8(2)13-10)16-9-4-5-12-7-9/h6,9,12H,3-5,7H2,1-2H3. The van der Waals surface area contributed by atoms with Crippen LogP contribution < -0.4 is 14.8 Å². The lowest BCUT2D eigenvalue weighted by Gasteiger charge is -2.12. The molecular weight excluding hydrogens is 206 g/mol. The molecule has 1 aliphatic rings. The van der Waals surface area contributed by atoms with E-state index >= 15 is 0 Å². The monoisotopic (exact) mass is 223 g/mol. The zero-order chi connectivity index (χ0) is 11.4. The third-order valence-electron chi connectivity index (χ3n) is 2.39. The molecule has 16 heavy (non-hydrogen) atoms. The number of ether oxygens (including phenoxy) is 2. The summed E-state index contributed by atoms with van der Waals surface area (Å²) in [5, 5.41) is 3.25. The van der Waals surface area contributed by atoms with Crippen molar-refractivity contribution < 1.29 is 9.47 Å². The van der Waals surface area contributed by atoms with Crippen molar-refractivity contribution in [2.45, 2.75) is 26.4 Å². The molecule has 0 radical (unpaired) electrons. The Hall–Kier alpha value is -1.36. The van der Waals surface area contributed by atoms with Crippen molar-refractivity contribution in [3.05, 3.63) is 11.9 Å². The number of rotatable bonds is 4. The van der Waals surface area contributed by atoms with Crippen LogP contribution in [-0.4, -0.2) is 35.8 Å². The van der Waals surface area contributed by atoms with Crippen LogP contribution in [-0.2, 0) is 0 Å². The molecule has 0 saturated carbocycles. The van der Waals surface area contributed by atoms with Crippen molar-refractivity contribution in [3.8, 4) is 11.8 Å². The van der Waals surface area contributed by atoms with Crippen molar-refractivity contribution in [2.75, 3.05) is 19.7 Å². The number of nitrogens with one attached hydrogen (secondary N) is 1. The van der Waals surface area contributed by atoms with E-state index in [1.807, 2.05) is 13.8 Å². The molecule has 1 saturated heterocycles. The Morgan fingerprint density at radius 2 is 2.25 bits per heavy atom. The topological polar surface area (TPSA) is 56.3 Å². The van der Waals surface area contributed by atoms with E-state index in [1.165, 1.54) is 0 Å². The molecule has 1 unspecified atom stereocenters. The summed E-state index contributed by atoms with van der Waals surface area (Å²) in [6.45, 7) is 6.25. The van der Waals surface area contributed by atoms with Crippen LogP contribution in [0.4, 0.5) is 0 Å². The van der Waals surface area contributed by atoms with E-state index < -0.39 is 0 Å². The summed E-state index contributed by atoms with van der Waals surface area (Å²) in [7, 11) is 0. The maximum atomic E-state index is 5.75. The van der Waals surface area contributed by atoms with Crippen LogP contribution in [0.15, 0.2) is 6.07 Å². The average Bonchev–Trinajstić information content (AvgIpc) is 2.70. The molecule has 5 nitrogen and oxygen atoms in total. The van der Waals surface area contributed by atoms with Gasteiger partial charge in [0.25, 0.3) is 0 Å². The first-order valence-electron chi connectivity index (χ1n) is 5.64. The van der Waals surface area contributed by atoms with Gasteiger partial charge in [0, 0.05) is 6.54 Å². The summed E-state index contributed by atoms with van der Waals surface area (Å²) >= 11 is 0. The number of nitrogens with zero attached hydrogens (tertiary/aromatic N) is 2. The molecule has 0 aromatic carbocycles. The molecular formula is C11H17N3O2. The van der Waals surface area contributed by atoms with Crippen molar-refractivity contribution in [2.24, 2.45) is 0 Å². The second kappa shape index (κ2) is 5.12. The Bertz CT molecular complexity index is 351. The highest BCUT2D eigenvalue weighted by molar-refractivity contribution is 5.21. The molecule has 2 rings (SSSR count). The fraction of sp³-hybridized carbons (Fsp3) is 0.636. The Kier molecular flexibility index (Phi) is 3.56. The third kappa shape index (κ3) is 2.82. The fourth-order valence-electron chi connectivity index (χ4n) is 1.70. The van der Waals surface area contributed by atoms with Crippen molar-refractivity contribution in [3.63, 3.8) is 0 Å². The van der Waals surface area contributed by atoms with Crippen LogP contribution >= 0.6 is 0 Å². The second-order valence-electron chi connectivity index (χ2n) is 3.76. The summed E-state index contributed by atoms with van der Waals surface area (Å²) in [6.07, 6.45) is 1.23. The SMILES string of the molecule is CCOc1cc(OC2CCNC2)nc(C)n1. The summed E-state index contributed by atoms with van der Waals surface area (Å²) in [4.78, 5) is 8.41. The van der Waals surface area contributed by atoms with E-state index in [0.29, 0.717) is 24.2 Å². The molecule has 5 heteroatoms. The van der Waals surface area contributed by atoms with Gasteiger partial charge in [-0.2, -0.15) is 9.97 Å². The molecule has 1 atom stereocenters. The van der Waals surface area contributed by atoms with E-state index in [2.05, 4.69) is 15.3 Å². The lowest BCUT2D eigenvalue weighted by Crippen LogP contribution is -2.20. The van der Waals surface area contributed by atoms with Gasteiger partial charge in [0.1, 0.15) is 11.9 Å². The lowest BCUT2D eigenvalue weighted by atomic mass is 10.3. The molecule has 0 spiro atoms. The summed E-state index contributed by atoms with van der Waals surface area (Å²) in [5.74, 6) is 1.85. The van der Waals surface area contributed by atoms with Gasteiger partial charge in [-0.15, -0.1) is 0 Å². The molecule has 1 N–H and O–H groups in total. The smallest absolute Gasteiger partial charge is 0.220 e. The lowest BCUT2D eigenvalue weighted by molar-refractivity contribution is 0.211. The molecule has 88 valence electrons. The van der Waals surface area contributed by atoms with Gasteiger partial charge in [-0.25, -0.2) is 0 Å². The van der Waals surface area contributed by atoms with E-state index in [0.717, 1.165) is 19.5 Å². The summed E-state index contributed by atoms with van der Waals surface area (Å²) < 4.78 is 11.1. The number of hydrogen-bond donors (Lipinski definition) is 1. The molecule has 0 amide bonds. The van der Waals surface area contributed by atoms with E-state index in [9.17, 15) is 0 Å². The molecule has 2 heterocycles. The predicted molar refractivity (Wildman–Crippen MR) is 59.8 cm³/mol. The van der Waals surface area contributed by atoms with Crippen LogP contribution in [0.2, 0.25) is 0 Å². The average molecular weight is 223 g/mol. The first kappa shape index (κ1) is 11.1. The molecule has 1 aromatic rings.